The zero-order valence-corrected chi connectivity index (χ0v) is 18.9. The molecule has 0 bridgehead atoms. The molecule has 1 aromatic carbocycles. The number of carboxylic acid groups (broad SMARTS) is 1. The highest BCUT2D eigenvalue weighted by molar-refractivity contribution is 5.71. The standard InChI is InChI=1S/C16H24O3.C8H18/c1-15(2,3)11-7-10(9-13(17)18)8-12(14(11)19)16(4,5)6;1-3-5-7-8-6-4-2/h7-8,19H,9H2,1-6H3,(H,17,18);3-8H2,1-2H3. The molecule has 0 aromatic heterocycles. The molecule has 0 saturated carbocycles. The first-order chi connectivity index (χ1) is 12.3. The van der Waals surface area contributed by atoms with Gasteiger partial charge in [0.05, 0.1) is 6.42 Å². The second kappa shape index (κ2) is 11.4. The summed E-state index contributed by atoms with van der Waals surface area (Å²) in [5.74, 6) is -0.570. The largest absolute Gasteiger partial charge is 0.507 e. The monoisotopic (exact) mass is 378 g/mol. The molecule has 0 aliphatic carbocycles. The Morgan fingerprint density at radius 2 is 1.19 bits per heavy atom. The van der Waals surface area contributed by atoms with Gasteiger partial charge in [0, 0.05) is 0 Å². The number of carbonyl (C=O) groups is 1. The van der Waals surface area contributed by atoms with E-state index >= 15 is 0 Å². The number of hydrogen-bond donors (Lipinski definition) is 2. The third-order valence-corrected chi connectivity index (χ3v) is 4.60. The molecule has 0 amide bonds. The number of aliphatic carboxylic acids is 1. The molecule has 0 fully saturated rings. The second-order valence-electron chi connectivity index (χ2n) is 9.52. The maximum Gasteiger partial charge on any atom is 0.307 e. The van der Waals surface area contributed by atoms with Gasteiger partial charge >= 0.3 is 5.97 Å². The number of phenols is 1. The number of phenolic OH excluding ortho intramolecular Hbond substituents is 1. The summed E-state index contributed by atoms with van der Waals surface area (Å²) in [4.78, 5) is 10.9. The lowest BCUT2D eigenvalue weighted by molar-refractivity contribution is -0.136. The molecule has 27 heavy (non-hydrogen) atoms. The van der Waals surface area contributed by atoms with Crippen molar-refractivity contribution in [2.24, 2.45) is 0 Å². The lowest BCUT2D eigenvalue weighted by Crippen LogP contribution is -2.18. The van der Waals surface area contributed by atoms with Crippen molar-refractivity contribution in [3.63, 3.8) is 0 Å². The second-order valence-corrected chi connectivity index (χ2v) is 9.52. The number of carboxylic acids is 1. The van der Waals surface area contributed by atoms with E-state index in [0.29, 0.717) is 0 Å². The number of benzene rings is 1. The van der Waals surface area contributed by atoms with Crippen molar-refractivity contribution >= 4 is 5.97 Å². The van der Waals surface area contributed by atoms with Crippen molar-refractivity contribution in [2.75, 3.05) is 0 Å². The average Bonchev–Trinajstić information content (AvgIpc) is 2.51. The fourth-order valence-corrected chi connectivity index (χ4v) is 2.97. The fourth-order valence-electron chi connectivity index (χ4n) is 2.97. The van der Waals surface area contributed by atoms with E-state index in [-0.39, 0.29) is 23.0 Å². The van der Waals surface area contributed by atoms with Gasteiger partial charge in [-0.3, -0.25) is 4.79 Å². The molecule has 1 aromatic rings. The topological polar surface area (TPSA) is 57.5 Å². The fraction of sp³-hybridized carbons (Fsp3) is 0.708. The quantitative estimate of drug-likeness (QED) is 0.503. The Morgan fingerprint density at radius 3 is 1.44 bits per heavy atom. The minimum Gasteiger partial charge on any atom is -0.507 e. The molecular formula is C24H42O3. The van der Waals surface area contributed by atoms with E-state index in [2.05, 4.69) is 13.8 Å². The van der Waals surface area contributed by atoms with Crippen LogP contribution in [0.2, 0.25) is 0 Å². The molecule has 0 aliphatic heterocycles. The molecule has 0 saturated heterocycles. The Kier molecular flexibility index (Phi) is 10.7. The summed E-state index contributed by atoms with van der Waals surface area (Å²) in [5.41, 5.74) is 1.89. The van der Waals surface area contributed by atoms with Gasteiger partial charge in [-0.25, -0.2) is 0 Å². The maximum atomic E-state index is 10.9. The van der Waals surface area contributed by atoms with E-state index in [1.807, 2.05) is 41.5 Å². The van der Waals surface area contributed by atoms with Crippen molar-refractivity contribution in [3.8, 4) is 5.75 Å². The zero-order chi connectivity index (χ0) is 21.3. The molecule has 0 radical (unpaired) electrons. The van der Waals surface area contributed by atoms with Gasteiger partial charge < -0.3 is 10.2 Å². The molecule has 0 aliphatic rings. The SMILES string of the molecule is CC(C)(C)c1cc(CC(=O)O)cc(C(C)(C)C)c1O.CCCCCCCC. The van der Waals surface area contributed by atoms with Crippen molar-refractivity contribution in [3.05, 3.63) is 28.8 Å². The van der Waals surface area contributed by atoms with E-state index in [9.17, 15) is 9.90 Å². The Morgan fingerprint density at radius 1 is 0.815 bits per heavy atom. The lowest BCUT2D eigenvalue weighted by atomic mass is 9.78. The third-order valence-electron chi connectivity index (χ3n) is 4.60. The molecule has 1 rings (SSSR count). The van der Waals surface area contributed by atoms with Crippen LogP contribution in [0.1, 0.15) is 111 Å². The average molecular weight is 379 g/mol. The highest BCUT2D eigenvalue weighted by Gasteiger charge is 2.26. The van der Waals surface area contributed by atoms with E-state index < -0.39 is 5.97 Å². The van der Waals surface area contributed by atoms with Crippen LogP contribution in [0.5, 0.6) is 5.75 Å². The van der Waals surface area contributed by atoms with Crippen molar-refractivity contribution < 1.29 is 15.0 Å². The molecule has 0 spiro atoms. The van der Waals surface area contributed by atoms with Gasteiger partial charge in [0.1, 0.15) is 5.75 Å². The van der Waals surface area contributed by atoms with Gasteiger partial charge in [-0.1, -0.05) is 106 Å². The van der Waals surface area contributed by atoms with Crippen LogP contribution >= 0.6 is 0 Å². The Bertz CT molecular complexity index is 533. The van der Waals surface area contributed by atoms with Crippen LogP contribution < -0.4 is 0 Å². The number of hydrogen-bond acceptors (Lipinski definition) is 2. The van der Waals surface area contributed by atoms with Gasteiger partial charge in [0.2, 0.25) is 0 Å². The van der Waals surface area contributed by atoms with Crippen LogP contribution in [0.3, 0.4) is 0 Å². The van der Waals surface area contributed by atoms with Gasteiger partial charge in [0.15, 0.2) is 0 Å². The first-order valence-corrected chi connectivity index (χ1v) is 10.4. The van der Waals surface area contributed by atoms with Crippen molar-refractivity contribution in [2.45, 2.75) is 111 Å². The van der Waals surface area contributed by atoms with Crippen molar-refractivity contribution in [1.29, 1.82) is 0 Å². The molecule has 0 atom stereocenters. The summed E-state index contributed by atoms with van der Waals surface area (Å²) in [6.07, 6.45) is 8.47. The van der Waals surface area contributed by atoms with Crippen LogP contribution in [0.25, 0.3) is 0 Å². The minimum absolute atomic E-state index is 0.0214. The first kappa shape index (κ1) is 25.5. The molecule has 0 heterocycles. The van der Waals surface area contributed by atoms with E-state index in [4.69, 9.17) is 5.11 Å². The van der Waals surface area contributed by atoms with Crippen LogP contribution in [-0.4, -0.2) is 16.2 Å². The van der Waals surface area contributed by atoms with Gasteiger partial charge in [-0.15, -0.1) is 0 Å². The summed E-state index contributed by atoms with van der Waals surface area (Å²) in [7, 11) is 0. The van der Waals surface area contributed by atoms with Crippen LogP contribution in [-0.2, 0) is 22.0 Å². The predicted octanol–water partition coefficient (Wildman–Crippen LogP) is 6.98. The number of aromatic hydroxyl groups is 1. The zero-order valence-electron chi connectivity index (χ0n) is 18.9. The molecule has 2 N–H and O–H groups in total. The Labute approximate surface area is 167 Å². The van der Waals surface area contributed by atoms with Gasteiger partial charge in [-0.2, -0.15) is 0 Å². The van der Waals surface area contributed by atoms with Gasteiger partial charge in [-0.05, 0) is 27.5 Å². The highest BCUT2D eigenvalue weighted by atomic mass is 16.4. The van der Waals surface area contributed by atoms with Crippen molar-refractivity contribution in [1.82, 2.24) is 0 Å². The molecule has 3 nitrogen and oxygen atoms in total. The summed E-state index contributed by atoms with van der Waals surface area (Å²) >= 11 is 0. The minimum atomic E-state index is -0.856. The number of unbranched alkanes of at least 4 members (excludes halogenated alkanes) is 5. The highest BCUT2D eigenvalue weighted by Crippen LogP contribution is 2.39. The third kappa shape index (κ3) is 9.83. The summed E-state index contributed by atoms with van der Waals surface area (Å²) in [5, 5.41) is 19.4. The smallest absolute Gasteiger partial charge is 0.307 e. The van der Waals surface area contributed by atoms with E-state index in [0.717, 1.165) is 16.7 Å². The molecular weight excluding hydrogens is 336 g/mol. The first-order valence-electron chi connectivity index (χ1n) is 10.4. The van der Waals surface area contributed by atoms with Crippen LogP contribution in [0.4, 0.5) is 0 Å². The number of rotatable bonds is 7. The van der Waals surface area contributed by atoms with E-state index in [1.54, 1.807) is 12.1 Å². The molecule has 0 unspecified atom stereocenters. The van der Waals surface area contributed by atoms with Crippen LogP contribution in [0.15, 0.2) is 12.1 Å². The summed E-state index contributed by atoms with van der Waals surface area (Å²) in [6, 6.07) is 3.61. The molecule has 3 heteroatoms. The Hall–Kier alpha value is -1.51. The maximum absolute atomic E-state index is 10.9. The van der Waals surface area contributed by atoms with Crippen LogP contribution in [0, 0.1) is 0 Å². The Balaban J connectivity index is 0.000000713. The predicted molar refractivity (Wildman–Crippen MR) is 116 cm³/mol. The summed E-state index contributed by atoms with van der Waals surface area (Å²) in [6.45, 7) is 16.6. The van der Waals surface area contributed by atoms with E-state index in [1.165, 1.54) is 38.5 Å². The summed E-state index contributed by atoms with van der Waals surface area (Å²) < 4.78 is 0. The normalized spacial score (nSPS) is 11.7. The lowest BCUT2D eigenvalue weighted by Gasteiger charge is -2.28. The van der Waals surface area contributed by atoms with Gasteiger partial charge in [0.25, 0.3) is 0 Å². The molecule has 156 valence electrons.